The second kappa shape index (κ2) is 67.0. The lowest BCUT2D eigenvalue weighted by atomic mass is 10.1. The predicted octanol–water partition coefficient (Wildman–Crippen LogP) is 22.4. The van der Waals surface area contributed by atoms with Crippen LogP contribution in [0.1, 0.15) is 252 Å². The fourth-order valence-electron chi connectivity index (χ4n) is 8.17. The highest BCUT2D eigenvalue weighted by Crippen LogP contribution is 2.14. The molecule has 452 valence electrons. The first-order chi connectivity index (χ1) is 40.0. The van der Waals surface area contributed by atoms with Crippen molar-refractivity contribution < 1.29 is 28.6 Å². The van der Waals surface area contributed by atoms with Crippen molar-refractivity contribution >= 4 is 17.9 Å². The third-order valence-corrected chi connectivity index (χ3v) is 12.9. The van der Waals surface area contributed by atoms with Gasteiger partial charge in [0.2, 0.25) is 0 Å². The second-order valence-corrected chi connectivity index (χ2v) is 20.5. The minimum Gasteiger partial charge on any atom is -0.462 e. The fourth-order valence-corrected chi connectivity index (χ4v) is 8.17. The van der Waals surface area contributed by atoms with Crippen LogP contribution in [-0.4, -0.2) is 37.2 Å². The SMILES string of the molecule is CC/C=C\C/C=C\C/C=C\C/C=C\C/C=C\CCCCCCCCCCCC(=O)OCC(COC(=O)CCCCC/C=C\C/C=C\C/C=C\C/C=C\C/C=C\CC)OC(=O)CCCCC/C=C\C/C=C\C/C=C\C/C=C\C/C=C\CC. The van der Waals surface area contributed by atoms with Crippen molar-refractivity contribution in [1.82, 2.24) is 0 Å². The maximum Gasteiger partial charge on any atom is 0.306 e. The Morgan fingerprint density at radius 1 is 0.247 bits per heavy atom. The zero-order valence-corrected chi connectivity index (χ0v) is 51.7. The van der Waals surface area contributed by atoms with Gasteiger partial charge in [0.15, 0.2) is 6.10 Å². The predicted molar refractivity (Wildman–Crippen MR) is 352 cm³/mol. The van der Waals surface area contributed by atoms with E-state index in [9.17, 15) is 14.4 Å². The van der Waals surface area contributed by atoms with Gasteiger partial charge in [0, 0.05) is 19.3 Å². The topological polar surface area (TPSA) is 78.9 Å². The van der Waals surface area contributed by atoms with Crippen molar-refractivity contribution in [1.29, 1.82) is 0 Å². The van der Waals surface area contributed by atoms with Crippen molar-refractivity contribution in [2.45, 2.75) is 258 Å². The van der Waals surface area contributed by atoms with E-state index >= 15 is 0 Å². The van der Waals surface area contributed by atoms with Crippen LogP contribution in [0.25, 0.3) is 0 Å². The molecule has 81 heavy (non-hydrogen) atoms. The molecule has 0 saturated heterocycles. The molecular weight excluding hydrogens is 997 g/mol. The molecule has 0 spiro atoms. The van der Waals surface area contributed by atoms with Crippen molar-refractivity contribution in [3.8, 4) is 0 Å². The summed E-state index contributed by atoms with van der Waals surface area (Å²) in [5, 5.41) is 0. The number of hydrogen-bond donors (Lipinski definition) is 0. The number of ether oxygens (including phenoxy) is 3. The first-order valence-corrected chi connectivity index (χ1v) is 32.3. The van der Waals surface area contributed by atoms with Gasteiger partial charge in [-0.15, -0.1) is 0 Å². The molecule has 0 amide bonds. The van der Waals surface area contributed by atoms with Crippen molar-refractivity contribution in [3.05, 3.63) is 182 Å². The molecule has 0 saturated carbocycles. The largest absolute Gasteiger partial charge is 0.462 e. The molecule has 0 rings (SSSR count). The van der Waals surface area contributed by atoms with Crippen molar-refractivity contribution in [2.75, 3.05) is 13.2 Å². The van der Waals surface area contributed by atoms with E-state index in [-0.39, 0.29) is 37.5 Å². The van der Waals surface area contributed by atoms with Crippen LogP contribution in [0.2, 0.25) is 0 Å². The minimum absolute atomic E-state index is 0.115. The highest BCUT2D eigenvalue weighted by Gasteiger charge is 2.19. The molecule has 6 nitrogen and oxygen atoms in total. The Balaban J connectivity index is 4.53. The van der Waals surface area contributed by atoms with E-state index in [0.29, 0.717) is 19.3 Å². The summed E-state index contributed by atoms with van der Waals surface area (Å²) in [4.78, 5) is 38.4. The van der Waals surface area contributed by atoms with Crippen LogP contribution >= 0.6 is 0 Å². The summed E-state index contributed by atoms with van der Waals surface area (Å²) in [6.45, 7) is 6.23. The number of esters is 3. The van der Waals surface area contributed by atoms with Gasteiger partial charge in [-0.2, -0.15) is 0 Å². The van der Waals surface area contributed by atoms with Crippen LogP contribution < -0.4 is 0 Å². The lowest BCUT2D eigenvalue weighted by Crippen LogP contribution is -2.30. The quantitative estimate of drug-likeness (QED) is 0.0261. The van der Waals surface area contributed by atoms with Gasteiger partial charge in [-0.25, -0.2) is 0 Å². The number of carbonyl (C=O) groups is 3. The van der Waals surface area contributed by atoms with E-state index in [4.69, 9.17) is 14.2 Å². The van der Waals surface area contributed by atoms with E-state index < -0.39 is 6.10 Å². The smallest absolute Gasteiger partial charge is 0.306 e. The van der Waals surface area contributed by atoms with Gasteiger partial charge < -0.3 is 14.2 Å². The summed E-state index contributed by atoms with van der Waals surface area (Å²) in [6.07, 6.45) is 100. The second-order valence-electron chi connectivity index (χ2n) is 20.5. The summed E-state index contributed by atoms with van der Waals surface area (Å²) < 4.78 is 16.9. The highest BCUT2D eigenvalue weighted by atomic mass is 16.6. The molecule has 0 aromatic carbocycles. The van der Waals surface area contributed by atoms with Crippen LogP contribution in [0.15, 0.2) is 182 Å². The molecule has 0 heterocycles. The molecule has 0 aromatic rings. The summed E-state index contributed by atoms with van der Waals surface area (Å²) >= 11 is 0. The Morgan fingerprint density at radius 2 is 0.444 bits per heavy atom. The zero-order chi connectivity index (χ0) is 58.5. The molecule has 6 heteroatoms. The van der Waals surface area contributed by atoms with Crippen LogP contribution in [0.4, 0.5) is 0 Å². The first-order valence-electron chi connectivity index (χ1n) is 32.3. The summed E-state index contributed by atoms with van der Waals surface area (Å²) in [7, 11) is 0. The average molecular weight is 1110 g/mol. The van der Waals surface area contributed by atoms with E-state index in [1.165, 1.54) is 38.5 Å². The van der Waals surface area contributed by atoms with E-state index in [0.717, 1.165) is 167 Å². The Morgan fingerprint density at radius 3 is 0.704 bits per heavy atom. The van der Waals surface area contributed by atoms with Gasteiger partial charge in [0.25, 0.3) is 0 Å². The molecule has 0 aliphatic rings. The molecule has 1 unspecified atom stereocenters. The van der Waals surface area contributed by atoms with E-state index in [1.54, 1.807) is 0 Å². The highest BCUT2D eigenvalue weighted by molar-refractivity contribution is 5.71. The van der Waals surface area contributed by atoms with Gasteiger partial charge in [-0.3, -0.25) is 14.4 Å². The van der Waals surface area contributed by atoms with Crippen LogP contribution in [0.5, 0.6) is 0 Å². The molecular formula is C75H116O6. The Labute approximate surface area is 497 Å². The first kappa shape index (κ1) is 75.5. The number of hydrogen-bond acceptors (Lipinski definition) is 6. The van der Waals surface area contributed by atoms with Crippen LogP contribution in [0.3, 0.4) is 0 Å². The Kier molecular flexibility index (Phi) is 62.5. The normalized spacial score (nSPS) is 13.4. The molecule has 0 aliphatic carbocycles. The van der Waals surface area contributed by atoms with Gasteiger partial charge in [-0.05, 0) is 154 Å². The standard InChI is InChI=1S/C75H116O6/c1-4-7-10-13-16-19-22-25-28-31-34-35-36-37-38-39-42-44-47-50-53-56-59-62-65-68-74(77)80-71-72(81-75(78)69-66-63-60-57-54-51-48-45-41-33-30-27-24-21-18-15-12-9-6-3)70-79-73(76)67-64-61-58-55-52-49-46-43-40-32-29-26-23-20-17-14-11-8-5-2/h7-12,16-21,25-30,34-35,37-38,40-41,43,45,49,51-52,54,72H,4-6,13-15,22-24,31-33,36,39,42,44,46-48,50,53,55-71H2,1-3H3/b10-7-,11-8-,12-9-,19-16-,20-17-,21-18-,28-25-,29-26-,30-27-,35-34-,38-37-,43-40-,45-41-,52-49-,54-51-. The summed E-state index contributed by atoms with van der Waals surface area (Å²) in [6, 6.07) is 0. The number of rotatable bonds is 56. The summed E-state index contributed by atoms with van der Waals surface area (Å²) in [5.74, 6) is -0.992. The molecule has 0 radical (unpaired) electrons. The summed E-state index contributed by atoms with van der Waals surface area (Å²) in [5.41, 5.74) is 0. The maximum atomic E-state index is 12.9. The van der Waals surface area contributed by atoms with Crippen molar-refractivity contribution in [2.24, 2.45) is 0 Å². The van der Waals surface area contributed by atoms with E-state index in [2.05, 4.69) is 203 Å². The molecule has 0 N–H and O–H groups in total. The third kappa shape index (κ3) is 65.2. The van der Waals surface area contributed by atoms with Gasteiger partial charge in [0.1, 0.15) is 13.2 Å². The minimum atomic E-state index is -0.825. The van der Waals surface area contributed by atoms with Crippen LogP contribution in [0, 0.1) is 0 Å². The van der Waals surface area contributed by atoms with Gasteiger partial charge >= 0.3 is 17.9 Å². The average Bonchev–Trinajstić information content (AvgIpc) is 3.47. The van der Waals surface area contributed by atoms with Crippen molar-refractivity contribution in [3.63, 3.8) is 0 Å². The number of unbranched alkanes of at least 4 members (excludes halogenated alkanes) is 15. The van der Waals surface area contributed by atoms with Gasteiger partial charge in [-0.1, -0.05) is 261 Å². The molecule has 0 bridgehead atoms. The van der Waals surface area contributed by atoms with E-state index in [1.807, 2.05) is 0 Å². The molecule has 0 fully saturated rings. The molecule has 0 aliphatic heterocycles. The maximum absolute atomic E-state index is 12.9. The molecule has 1 atom stereocenters. The monoisotopic (exact) mass is 1110 g/mol. The lowest BCUT2D eigenvalue weighted by molar-refractivity contribution is -0.167. The number of allylic oxidation sites excluding steroid dienone is 30. The number of carbonyl (C=O) groups excluding carboxylic acids is 3. The van der Waals surface area contributed by atoms with Crippen LogP contribution in [-0.2, 0) is 28.6 Å². The lowest BCUT2D eigenvalue weighted by Gasteiger charge is -2.18. The Bertz CT molecular complexity index is 1900. The third-order valence-electron chi connectivity index (χ3n) is 12.9. The van der Waals surface area contributed by atoms with Gasteiger partial charge in [0.05, 0.1) is 0 Å². The Hall–Kier alpha value is -5.49. The zero-order valence-electron chi connectivity index (χ0n) is 51.7. The fraction of sp³-hybridized carbons (Fsp3) is 0.560. The molecule has 0 aromatic heterocycles.